The van der Waals surface area contributed by atoms with Gasteiger partial charge in [0.15, 0.2) is 0 Å². The predicted molar refractivity (Wildman–Crippen MR) is 83.4 cm³/mol. The molecule has 1 aliphatic heterocycles. The SMILES string of the molecule is N[C@@H]1CN(C(=O)c2[nH]c3ccccc3c2Cl)C[C@H]1C1CC1. The van der Waals surface area contributed by atoms with Crippen molar-refractivity contribution in [1.82, 2.24) is 9.88 Å². The number of likely N-dealkylation sites (tertiary alicyclic amines) is 1. The van der Waals surface area contributed by atoms with Crippen molar-refractivity contribution in [3.63, 3.8) is 0 Å². The second-order valence-corrected chi connectivity index (χ2v) is 6.61. The molecule has 2 aromatic rings. The Morgan fingerprint density at radius 2 is 2.05 bits per heavy atom. The monoisotopic (exact) mass is 303 g/mol. The van der Waals surface area contributed by atoms with Crippen molar-refractivity contribution in [2.75, 3.05) is 13.1 Å². The molecule has 0 radical (unpaired) electrons. The van der Waals surface area contributed by atoms with Crippen LogP contribution in [0.25, 0.3) is 10.9 Å². The molecule has 5 heteroatoms. The zero-order valence-corrected chi connectivity index (χ0v) is 12.4. The van der Waals surface area contributed by atoms with E-state index < -0.39 is 0 Å². The first-order valence-electron chi connectivity index (χ1n) is 7.46. The van der Waals surface area contributed by atoms with Gasteiger partial charge in [0.1, 0.15) is 5.69 Å². The third-order valence-corrected chi connectivity index (χ3v) is 5.18. The third-order valence-electron chi connectivity index (χ3n) is 4.78. The van der Waals surface area contributed by atoms with E-state index >= 15 is 0 Å². The number of rotatable bonds is 2. The number of benzene rings is 1. The number of hydrogen-bond acceptors (Lipinski definition) is 2. The van der Waals surface area contributed by atoms with Gasteiger partial charge in [-0.1, -0.05) is 29.8 Å². The van der Waals surface area contributed by atoms with Crippen LogP contribution in [0.5, 0.6) is 0 Å². The van der Waals surface area contributed by atoms with Crippen molar-refractivity contribution in [3.05, 3.63) is 35.0 Å². The summed E-state index contributed by atoms with van der Waals surface area (Å²) in [6, 6.07) is 7.81. The summed E-state index contributed by atoms with van der Waals surface area (Å²) in [5, 5.41) is 1.41. The van der Waals surface area contributed by atoms with Crippen LogP contribution >= 0.6 is 11.6 Å². The lowest BCUT2D eigenvalue weighted by Gasteiger charge is -2.15. The molecule has 2 atom stereocenters. The van der Waals surface area contributed by atoms with E-state index in [2.05, 4.69) is 4.98 Å². The van der Waals surface area contributed by atoms with Gasteiger partial charge in [0.2, 0.25) is 0 Å². The van der Waals surface area contributed by atoms with E-state index in [4.69, 9.17) is 17.3 Å². The summed E-state index contributed by atoms with van der Waals surface area (Å²) in [7, 11) is 0. The maximum atomic E-state index is 12.7. The lowest BCUT2D eigenvalue weighted by Crippen LogP contribution is -2.32. The van der Waals surface area contributed by atoms with E-state index in [-0.39, 0.29) is 11.9 Å². The van der Waals surface area contributed by atoms with E-state index in [1.165, 1.54) is 12.8 Å². The van der Waals surface area contributed by atoms with Gasteiger partial charge in [-0.05, 0) is 30.7 Å². The fraction of sp³-hybridized carbons (Fsp3) is 0.438. The van der Waals surface area contributed by atoms with Crippen LogP contribution in [-0.2, 0) is 0 Å². The minimum atomic E-state index is -0.0326. The number of carbonyl (C=O) groups is 1. The maximum absolute atomic E-state index is 12.7. The highest BCUT2D eigenvalue weighted by Gasteiger charge is 2.42. The molecule has 0 bridgehead atoms. The van der Waals surface area contributed by atoms with Crippen LogP contribution in [0.4, 0.5) is 0 Å². The molecule has 2 aliphatic rings. The Labute approximate surface area is 128 Å². The van der Waals surface area contributed by atoms with Crippen molar-refractivity contribution >= 4 is 28.4 Å². The molecule has 1 saturated heterocycles. The lowest BCUT2D eigenvalue weighted by molar-refractivity contribution is 0.0780. The largest absolute Gasteiger partial charge is 0.349 e. The normalized spacial score (nSPS) is 25.7. The zero-order chi connectivity index (χ0) is 14.6. The summed E-state index contributed by atoms with van der Waals surface area (Å²) in [4.78, 5) is 17.7. The Hall–Kier alpha value is -1.52. The molecule has 21 heavy (non-hydrogen) atoms. The summed E-state index contributed by atoms with van der Waals surface area (Å²) < 4.78 is 0. The maximum Gasteiger partial charge on any atom is 0.271 e. The predicted octanol–water partition coefficient (Wildman–Crippen LogP) is 2.63. The lowest BCUT2D eigenvalue weighted by atomic mass is 9.99. The highest BCUT2D eigenvalue weighted by Crippen LogP contribution is 2.41. The quantitative estimate of drug-likeness (QED) is 0.896. The number of nitrogens with zero attached hydrogens (tertiary/aromatic N) is 1. The molecule has 4 nitrogen and oxygen atoms in total. The van der Waals surface area contributed by atoms with Crippen LogP contribution in [0.3, 0.4) is 0 Å². The van der Waals surface area contributed by atoms with Crippen molar-refractivity contribution in [1.29, 1.82) is 0 Å². The number of nitrogens with one attached hydrogen (secondary N) is 1. The number of carbonyl (C=O) groups excluding carboxylic acids is 1. The minimum Gasteiger partial charge on any atom is -0.349 e. The van der Waals surface area contributed by atoms with Crippen LogP contribution in [0.1, 0.15) is 23.3 Å². The molecule has 1 aromatic heterocycles. The third kappa shape index (κ3) is 2.14. The van der Waals surface area contributed by atoms with Gasteiger partial charge in [0, 0.05) is 30.0 Å². The van der Waals surface area contributed by atoms with E-state index in [9.17, 15) is 4.79 Å². The number of nitrogens with two attached hydrogens (primary N) is 1. The second kappa shape index (κ2) is 4.75. The van der Waals surface area contributed by atoms with Crippen LogP contribution in [0, 0.1) is 11.8 Å². The van der Waals surface area contributed by atoms with Gasteiger partial charge in [-0.25, -0.2) is 0 Å². The number of halogens is 1. The summed E-state index contributed by atoms with van der Waals surface area (Å²) >= 11 is 6.37. The Morgan fingerprint density at radius 3 is 2.76 bits per heavy atom. The first-order valence-corrected chi connectivity index (χ1v) is 7.84. The molecular formula is C16H18ClN3O. The first-order chi connectivity index (χ1) is 10.1. The Bertz CT molecular complexity index is 707. The van der Waals surface area contributed by atoms with Gasteiger partial charge in [0.05, 0.1) is 5.02 Å². The number of hydrogen-bond donors (Lipinski definition) is 2. The highest BCUT2D eigenvalue weighted by atomic mass is 35.5. The zero-order valence-electron chi connectivity index (χ0n) is 11.7. The van der Waals surface area contributed by atoms with E-state index in [0.717, 1.165) is 23.4 Å². The number of para-hydroxylation sites is 1. The van der Waals surface area contributed by atoms with E-state index in [1.807, 2.05) is 29.2 Å². The van der Waals surface area contributed by atoms with Gasteiger partial charge in [-0.3, -0.25) is 4.79 Å². The molecule has 2 heterocycles. The summed E-state index contributed by atoms with van der Waals surface area (Å²) in [5.74, 6) is 1.14. The van der Waals surface area contributed by atoms with Gasteiger partial charge in [0.25, 0.3) is 5.91 Å². The molecule has 1 aromatic carbocycles. The van der Waals surface area contributed by atoms with Crippen LogP contribution in [0.15, 0.2) is 24.3 Å². The van der Waals surface area contributed by atoms with Gasteiger partial charge >= 0.3 is 0 Å². The van der Waals surface area contributed by atoms with Crippen molar-refractivity contribution in [3.8, 4) is 0 Å². The highest BCUT2D eigenvalue weighted by molar-refractivity contribution is 6.38. The molecule has 4 rings (SSSR count). The summed E-state index contributed by atoms with van der Waals surface area (Å²) in [6.45, 7) is 1.39. The Morgan fingerprint density at radius 1 is 1.29 bits per heavy atom. The molecule has 1 saturated carbocycles. The molecule has 110 valence electrons. The molecule has 1 aliphatic carbocycles. The first kappa shape index (κ1) is 13.2. The van der Waals surface area contributed by atoms with Crippen LogP contribution < -0.4 is 5.73 Å². The minimum absolute atomic E-state index is 0.0326. The summed E-state index contributed by atoms with van der Waals surface area (Å²) in [6.07, 6.45) is 2.51. The van der Waals surface area contributed by atoms with Crippen molar-refractivity contribution in [2.45, 2.75) is 18.9 Å². The molecule has 0 unspecified atom stereocenters. The second-order valence-electron chi connectivity index (χ2n) is 6.23. The number of H-pyrrole nitrogens is 1. The molecular weight excluding hydrogens is 286 g/mol. The molecule has 0 spiro atoms. The Balaban J connectivity index is 1.63. The molecule has 2 fully saturated rings. The van der Waals surface area contributed by atoms with E-state index in [1.54, 1.807) is 0 Å². The van der Waals surface area contributed by atoms with Gasteiger partial charge in [-0.15, -0.1) is 0 Å². The van der Waals surface area contributed by atoms with E-state index in [0.29, 0.717) is 23.2 Å². The fourth-order valence-corrected chi connectivity index (χ4v) is 3.75. The standard InChI is InChI=1S/C16H18ClN3O/c17-14-10-3-1-2-4-13(10)19-15(14)16(21)20-7-11(9-5-6-9)12(18)8-20/h1-4,9,11-12,19H,5-8,18H2/t11-,12+/m0/s1. The average molecular weight is 304 g/mol. The van der Waals surface area contributed by atoms with Crippen LogP contribution in [-0.4, -0.2) is 34.9 Å². The topological polar surface area (TPSA) is 62.1 Å². The van der Waals surface area contributed by atoms with Crippen molar-refractivity contribution in [2.24, 2.45) is 17.6 Å². The molecule has 1 amide bonds. The number of fused-ring (bicyclic) bond motifs is 1. The number of aromatic amines is 1. The number of aromatic nitrogens is 1. The van der Waals surface area contributed by atoms with Gasteiger partial charge < -0.3 is 15.6 Å². The van der Waals surface area contributed by atoms with Crippen LogP contribution in [0.2, 0.25) is 5.02 Å². The Kier molecular flexibility index (Phi) is 2.98. The average Bonchev–Trinajstić information content (AvgIpc) is 3.18. The number of amides is 1. The fourth-order valence-electron chi connectivity index (χ4n) is 3.46. The van der Waals surface area contributed by atoms with Crippen molar-refractivity contribution < 1.29 is 4.79 Å². The van der Waals surface area contributed by atoms with Gasteiger partial charge in [-0.2, -0.15) is 0 Å². The smallest absolute Gasteiger partial charge is 0.271 e. The summed E-state index contributed by atoms with van der Waals surface area (Å²) in [5.41, 5.74) is 7.59. The molecule has 3 N–H and O–H groups in total.